The van der Waals surface area contributed by atoms with E-state index in [0.717, 1.165) is 33.5 Å². The van der Waals surface area contributed by atoms with Gasteiger partial charge in [0.05, 0.1) is 16.7 Å². The molecule has 4 rings (SSSR count). The van der Waals surface area contributed by atoms with Crippen LogP contribution in [0.4, 0.5) is 5.82 Å². The molecule has 104 valence electrons. The quantitative estimate of drug-likeness (QED) is 0.566. The maximum atomic E-state index is 6.56. The average molecular weight is 299 g/mol. The highest BCUT2D eigenvalue weighted by atomic mass is 35.5. The summed E-state index contributed by atoms with van der Waals surface area (Å²) in [5.74, 6) is 1.17. The Bertz CT molecular complexity index is 984. The van der Waals surface area contributed by atoms with Crippen molar-refractivity contribution < 1.29 is 0 Å². The van der Waals surface area contributed by atoms with Crippen molar-refractivity contribution in [2.75, 3.05) is 5.73 Å². The summed E-state index contributed by atoms with van der Waals surface area (Å²) in [6, 6.07) is 3.84. The predicted molar refractivity (Wildman–Crippen MR) is 82.2 cm³/mol. The molecule has 0 saturated carbocycles. The Balaban J connectivity index is 2.07. The third-order valence-electron chi connectivity index (χ3n) is 3.57. The summed E-state index contributed by atoms with van der Waals surface area (Å²) in [7, 11) is 0. The molecule has 4 aromatic rings. The van der Waals surface area contributed by atoms with Crippen LogP contribution in [0.25, 0.3) is 27.8 Å². The van der Waals surface area contributed by atoms with Gasteiger partial charge in [-0.15, -0.1) is 0 Å². The van der Waals surface area contributed by atoms with Gasteiger partial charge in [0, 0.05) is 29.0 Å². The van der Waals surface area contributed by atoms with Crippen molar-refractivity contribution in [2.45, 2.75) is 6.92 Å². The molecule has 0 atom stereocenters. The first-order valence-corrected chi connectivity index (χ1v) is 6.75. The first-order chi connectivity index (χ1) is 10.2. The van der Waals surface area contributed by atoms with E-state index in [1.54, 1.807) is 12.4 Å². The number of nitrogens with two attached hydrogens (primary N) is 1. The maximum Gasteiger partial charge on any atom is 0.149 e. The Morgan fingerprint density at radius 1 is 1.29 bits per heavy atom. The molecule has 1 aromatic carbocycles. The first kappa shape index (κ1) is 12.2. The number of aryl methyl sites for hydroxylation is 1. The molecule has 3 aromatic heterocycles. The standard InChI is InChI=1S/C14H11ClN6/c1-7-11-9(20-19-7)3-2-8(12(11)15)14-18-6-10-13(16)17-4-5-21(10)14/h2-6H,1H3,(H2,16,17)(H,19,20). The van der Waals surface area contributed by atoms with Crippen LogP contribution in [-0.4, -0.2) is 24.6 Å². The molecule has 7 heteroatoms. The molecule has 3 N–H and O–H groups in total. The highest BCUT2D eigenvalue weighted by Crippen LogP contribution is 2.35. The number of hydrogen-bond acceptors (Lipinski definition) is 4. The smallest absolute Gasteiger partial charge is 0.149 e. The van der Waals surface area contributed by atoms with Crippen molar-refractivity contribution in [2.24, 2.45) is 0 Å². The lowest BCUT2D eigenvalue weighted by Gasteiger charge is -2.05. The van der Waals surface area contributed by atoms with Gasteiger partial charge in [-0.3, -0.25) is 9.50 Å². The van der Waals surface area contributed by atoms with E-state index in [0.29, 0.717) is 10.8 Å². The minimum atomic E-state index is 0.438. The molecule has 0 saturated heterocycles. The number of nitrogens with one attached hydrogen (secondary N) is 1. The summed E-state index contributed by atoms with van der Waals surface area (Å²) in [6.07, 6.45) is 5.15. The van der Waals surface area contributed by atoms with Crippen LogP contribution in [0.2, 0.25) is 5.02 Å². The number of anilines is 1. The number of aromatic amines is 1. The van der Waals surface area contributed by atoms with E-state index in [1.165, 1.54) is 0 Å². The lowest BCUT2D eigenvalue weighted by molar-refractivity contribution is 1.07. The van der Waals surface area contributed by atoms with Gasteiger partial charge in [0.15, 0.2) is 0 Å². The van der Waals surface area contributed by atoms with Gasteiger partial charge < -0.3 is 5.73 Å². The molecular formula is C14H11ClN6. The molecule has 0 radical (unpaired) electrons. The Morgan fingerprint density at radius 3 is 3.00 bits per heavy atom. The fraction of sp³-hybridized carbons (Fsp3) is 0.0714. The number of H-pyrrole nitrogens is 1. The number of nitrogen functional groups attached to an aromatic ring is 1. The Labute approximate surface area is 124 Å². The second-order valence-corrected chi connectivity index (χ2v) is 5.20. The van der Waals surface area contributed by atoms with Gasteiger partial charge in [-0.05, 0) is 19.1 Å². The maximum absolute atomic E-state index is 6.56. The molecule has 0 unspecified atom stereocenters. The Morgan fingerprint density at radius 2 is 2.14 bits per heavy atom. The van der Waals surface area contributed by atoms with Gasteiger partial charge in [-0.2, -0.15) is 5.10 Å². The van der Waals surface area contributed by atoms with Gasteiger partial charge in [0.1, 0.15) is 17.2 Å². The highest BCUT2D eigenvalue weighted by molar-refractivity contribution is 6.38. The van der Waals surface area contributed by atoms with Crippen LogP contribution >= 0.6 is 11.6 Å². The second-order valence-electron chi connectivity index (χ2n) is 4.82. The molecule has 0 aliphatic carbocycles. The van der Waals surface area contributed by atoms with E-state index in [9.17, 15) is 0 Å². The van der Waals surface area contributed by atoms with Gasteiger partial charge in [-0.25, -0.2) is 9.97 Å². The summed E-state index contributed by atoms with van der Waals surface area (Å²) >= 11 is 6.56. The SMILES string of the molecule is Cc1[nH]nc2ccc(-c3ncc4c(N)nccn34)c(Cl)c12. The predicted octanol–water partition coefficient (Wildman–Crippen LogP) is 2.82. The second kappa shape index (κ2) is 4.20. The molecule has 21 heavy (non-hydrogen) atoms. The third-order valence-corrected chi connectivity index (χ3v) is 3.96. The minimum absolute atomic E-state index is 0.438. The van der Waals surface area contributed by atoms with Crippen LogP contribution in [0.15, 0.2) is 30.7 Å². The van der Waals surface area contributed by atoms with Crippen LogP contribution in [0.3, 0.4) is 0 Å². The Kier molecular flexibility index (Phi) is 2.43. The molecular weight excluding hydrogens is 288 g/mol. The Hall–Kier alpha value is -2.60. The number of imidazole rings is 1. The first-order valence-electron chi connectivity index (χ1n) is 6.38. The minimum Gasteiger partial charge on any atom is -0.382 e. The van der Waals surface area contributed by atoms with E-state index in [2.05, 4.69) is 20.2 Å². The van der Waals surface area contributed by atoms with Crippen LogP contribution < -0.4 is 5.73 Å². The van der Waals surface area contributed by atoms with Gasteiger partial charge in [0.25, 0.3) is 0 Å². The zero-order chi connectivity index (χ0) is 14.6. The van der Waals surface area contributed by atoms with E-state index in [-0.39, 0.29) is 0 Å². The fourth-order valence-corrected chi connectivity index (χ4v) is 2.92. The number of aromatic nitrogens is 5. The molecule has 0 bridgehead atoms. The third kappa shape index (κ3) is 1.62. The number of hydrogen-bond donors (Lipinski definition) is 2. The van der Waals surface area contributed by atoms with E-state index >= 15 is 0 Å². The lowest BCUT2D eigenvalue weighted by Crippen LogP contribution is -1.96. The molecule has 0 aliphatic heterocycles. The van der Waals surface area contributed by atoms with Crippen LogP contribution in [0, 0.1) is 6.92 Å². The number of nitrogens with zero attached hydrogens (tertiary/aromatic N) is 4. The molecule has 0 amide bonds. The molecule has 0 spiro atoms. The van der Waals surface area contributed by atoms with Crippen molar-refractivity contribution in [3.8, 4) is 11.4 Å². The van der Waals surface area contributed by atoms with Crippen LogP contribution in [-0.2, 0) is 0 Å². The summed E-state index contributed by atoms with van der Waals surface area (Å²) < 4.78 is 1.88. The number of halogens is 1. The van der Waals surface area contributed by atoms with Crippen molar-refractivity contribution >= 4 is 33.8 Å². The highest BCUT2D eigenvalue weighted by Gasteiger charge is 2.16. The number of benzene rings is 1. The molecule has 3 heterocycles. The van der Waals surface area contributed by atoms with Gasteiger partial charge in [-0.1, -0.05) is 11.6 Å². The van der Waals surface area contributed by atoms with E-state index < -0.39 is 0 Å². The number of fused-ring (bicyclic) bond motifs is 2. The lowest BCUT2D eigenvalue weighted by atomic mass is 10.1. The molecule has 0 aliphatic rings. The topological polar surface area (TPSA) is 84.9 Å². The summed E-state index contributed by atoms with van der Waals surface area (Å²) in [5.41, 5.74) is 9.22. The zero-order valence-electron chi connectivity index (χ0n) is 11.1. The molecule has 6 nitrogen and oxygen atoms in total. The van der Waals surface area contributed by atoms with Crippen LogP contribution in [0.5, 0.6) is 0 Å². The monoisotopic (exact) mass is 298 g/mol. The largest absolute Gasteiger partial charge is 0.382 e. The van der Waals surface area contributed by atoms with Gasteiger partial charge in [0.2, 0.25) is 0 Å². The van der Waals surface area contributed by atoms with Gasteiger partial charge >= 0.3 is 0 Å². The zero-order valence-corrected chi connectivity index (χ0v) is 11.9. The van der Waals surface area contributed by atoms with Crippen molar-refractivity contribution in [1.29, 1.82) is 0 Å². The van der Waals surface area contributed by atoms with Crippen molar-refractivity contribution in [3.05, 3.63) is 41.4 Å². The number of rotatable bonds is 1. The van der Waals surface area contributed by atoms with E-state index in [1.807, 2.05) is 29.7 Å². The van der Waals surface area contributed by atoms with Crippen LogP contribution in [0.1, 0.15) is 5.69 Å². The summed E-state index contributed by atoms with van der Waals surface area (Å²) in [6.45, 7) is 1.94. The fourth-order valence-electron chi connectivity index (χ4n) is 2.54. The van der Waals surface area contributed by atoms with E-state index in [4.69, 9.17) is 17.3 Å². The average Bonchev–Trinajstić information content (AvgIpc) is 3.05. The molecule has 0 fully saturated rings. The summed E-state index contributed by atoms with van der Waals surface area (Å²) in [5, 5.41) is 8.69. The van der Waals surface area contributed by atoms with Crippen molar-refractivity contribution in [1.82, 2.24) is 24.6 Å². The summed E-state index contributed by atoms with van der Waals surface area (Å²) in [4.78, 5) is 8.50. The normalized spacial score (nSPS) is 11.5. The van der Waals surface area contributed by atoms with Crippen molar-refractivity contribution in [3.63, 3.8) is 0 Å².